The van der Waals surface area contributed by atoms with Gasteiger partial charge in [0.25, 0.3) is 0 Å². The lowest BCUT2D eigenvalue weighted by Gasteiger charge is -2.18. The van der Waals surface area contributed by atoms with Crippen LogP contribution in [0, 0.1) is 5.82 Å². The SMILES string of the molecule is CC(Cc1ccc(F)cc1)Nc1c(N)cccc1C(=O)O. The van der Waals surface area contributed by atoms with Crippen molar-refractivity contribution in [3.63, 3.8) is 0 Å². The van der Waals surface area contributed by atoms with E-state index in [4.69, 9.17) is 5.73 Å². The Morgan fingerprint density at radius 3 is 2.57 bits per heavy atom. The highest BCUT2D eigenvalue weighted by atomic mass is 19.1. The van der Waals surface area contributed by atoms with Crippen LogP contribution in [0.5, 0.6) is 0 Å². The van der Waals surface area contributed by atoms with Crippen LogP contribution in [0.15, 0.2) is 42.5 Å². The summed E-state index contributed by atoms with van der Waals surface area (Å²) in [6.07, 6.45) is 0.633. The minimum atomic E-state index is -1.03. The summed E-state index contributed by atoms with van der Waals surface area (Å²) in [6, 6.07) is 10.9. The summed E-state index contributed by atoms with van der Waals surface area (Å²) in [5.74, 6) is -1.31. The Morgan fingerprint density at radius 1 is 1.29 bits per heavy atom. The van der Waals surface area contributed by atoms with Crippen LogP contribution in [0.3, 0.4) is 0 Å². The number of para-hydroxylation sites is 1. The van der Waals surface area contributed by atoms with E-state index in [2.05, 4.69) is 5.32 Å². The van der Waals surface area contributed by atoms with E-state index in [1.165, 1.54) is 18.2 Å². The molecule has 0 bridgehead atoms. The van der Waals surface area contributed by atoms with Crippen molar-refractivity contribution in [1.29, 1.82) is 0 Å². The number of carboxylic acid groups (broad SMARTS) is 1. The predicted octanol–water partition coefficient (Wildman–Crippen LogP) is 3.15. The number of anilines is 2. The normalized spacial score (nSPS) is 11.9. The fourth-order valence-corrected chi connectivity index (χ4v) is 2.18. The number of nitrogens with one attached hydrogen (secondary N) is 1. The largest absolute Gasteiger partial charge is 0.478 e. The van der Waals surface area contributed by atoms with E-state index in [0.717, 1.165) is 5.56 Å². The molecule has 0 aliphatic heterocycles. The molecule has 21 heavy (non-hydrogen) atoms. The molecule has 0 saturated carbocycles. The summed E-state index contributed by atoms with van der Waals surface area (Å²) in [4.78, 5) is 11.2. The fraction of sp³-hybridized carbons (Fsp3) is 0.188. The fourth-order valence-electron chi connectivity index (χ4n) is 2.18. The van der Waals surface area contributed by atoms with Gasteiger partial charge < -0.3 is 16.2 Å². The van der Waals surface area contributed by atoms with Gasteiger partial charge in [-0.25, -0.2) is 9.18 Å². The second-order valence-corrected chi connectivity index (χ2v) is 4.95. The lowest BCUT2D eigenvalue weighted by Crippen LogP contribution is -2.21. The summed E-state index contributed by atoms with van der Waals surface area (Å²) in [7, 11) is 0. The first-order valence-corrected chi connectivity index (χ1v) is 6.60. The number of carbonyl (C=O) groups is 1. The lowest BCUT2D eigenvalue weighted by atomic mass is 10.1. The maximum Gasteiger partial charge on any atom is 0.337 e. The van der Waals surface area contributed by atoms with E-state index in [-0.39, 0.29) is 17.4 Å². The molecule has 0 saturated heterocycles. The van der Waals surface area contributed by atoms with E-state index < -0.39 is 5.97 Å². The first-order chi connectivity index (χ1) is 9.97. The van der Waals surface area contributed by atoms with Crippen LogP contribution in [0.1, 0.15) is 22.8 Å². The van der Waals surface area contributed by atoms with E-state index in [1.54, 1.807) is 24.3 Å². The molecule has 0 aliphatic rings. The van der Waals surface area contributed by atoms with Crippen molar-refractivity contribution in [2.24, 2.45) is 0 Å². The van der Waals surface area contributed by atoms with Gasteiger partial charge in [-0.05, 0) is 43.2 Å². The van der Waals surface area contributed by atoms with Crippen molar-refractivity contribution >= 4 is 17.3 Å². The first-order valence-electron chi connectivity index (χ1n) is 6.60. The van der Waals surface area contributed by atoms with Crippen LogP contribution < -0.4 is 11.1 Å². The molecule has 4 N–H and O–H groups in total. The number of halogens is 1. The van der Waals surface area contributed by atoms with Crippen LogP contribution in [0.4, 0.5) is 15.8 Å². The van der Waals surface area contributed by atoms with Gasteiger partial charge in [0.1, 0.15) is 5.82 Å². The Balaban J connectivity index is 2.14. The highest BCUT2D eigenvalue weighted by molar-refractivity contribution is 5.97. The first kappa shape index (κ1) is 14.8. The van der Waals surface area contributed by atoms with Crippen molar-refractivity contribution in [3.8, 4) is 0 Å². The quantitative estimate of drug-likeness (QED) is 0.739. The molecule has 0 heterocycles. The number of rotatable bonds is 5. The maximum atomic E-state index is 12.9. The zero-order chi connectivity index (χ0) is 15.4. The topological polar surface area (TPSA) is 75.3 Å². The molecule has 4 nitrogen and oxygen atoms in total. The second kappa shape index (κ2) is 6.26. The minimum absolute atomic E-state index is 0.0433. The summed E-state index contributed by atoms with van der Waals surface area (Å²) in [6.45, 7) is 1.92. The number of nitrogen functional groups attached to an aromatic ring is 1. The molecule has 5 heteroatoms. The van der Waals surface area contributed by atoms with Gasteiger partial charge in [-0.1, -0.05) is 18.2 Å². The number of nitrogens with two attached hydrogens (primary N) is 1. The van der Waals surface area contributed by atoms with Gasteiger partial charge in [0, 0.05) is 6.04 Å². The smallest absolute Gasteiger partial charge is 0.337 e. The van der Waals surface area contributed by atoms with Crippen molar-refractivity contribution in [3.05, 3.63) is 59.4 Å². The number of aromatic carboxylic acids is 1. The van der Waals surface area contributed by atoms with E-state index in [9.17, 15) is 14.3 Å². The Kier molecular flexibility index (Phi) is 4.42. The summed E-state index contributed by atoms with van der Waals surface area (Å²) in [5, 5.41) is 12.3. The Labute approximate surface area is 122 Å². The molecule has 2 aromatic rings. The van der Waals surface area contributed by atoms with Crippen LogP contribution in [0.2, 0.25) is 0 Å². The van der Waals surface area contributed by atoms with Crippen LogP contribution >= 0.6 is 0 Å². The molecular formula is C16H17FN2O2. The van der Waals surface area contributed by atoms with Gasteiger partial charge >= 0.3 is 5.97 Å². The van der Waals surface area contributed by atoms with Crippen molar-refractivity contribution in [2.45, 2.75) is 19.4 Å². The highest BCUT2D eigenvalue weighted by Crippen LogP contribution is 2.25. The molecule has 0 fully saturated rings. The number of hydrogen-bond donors (Lipinski definition) is 3. The van der Waals surface area contributed by atoms with Crippen molar-refractivity contribution in [2.75, 3.05) is 11.1 Å². The number of carboxylic acids is 1. The molecule has 110 valence electrons. The molecule has 2 aromatic carbocycles. The molecule has 2 rings (SSSR count). The second-order valence-electron chi connectivity index (χ2n) is 4.95. The monoisotopic (exact) mass is 288 g/mol. The van der Waals surface area contributed by atoms with Crippen molar-refractivity contribution < 1.29 is 14.3 Å². The van der Waals surface area contributed by atoms with Gasteiger partial charge in [0.15, 0.2) is 0 Å². The van der Waals surface area contributed by atoms with E-state index >= 15 is 0 Å². The third kappa shape index (κ3) is 3.72. The standard InChI is InChI=1S/C16H17FN2O2/c1-10(9-11-5-7-12(17)8-6-11)19-15-13(16(20)21)3-2-4-14(15)18/h2-8,10,19H,9,18H2,1H3,(H,20,21). The molecule has 1 atom stereocenters. The van der Waals surface area contributed by atoms with Crippen LogP contribution in [-0.4, -0.2) is 17.1 Å². The zero-order valence-electron chi connectivity index (χ0n) is 11.6. The average Bonchev–Trinajstić information content (AvgIpc) is 2.43. The van der Waals surface area contributed by atoms with Crippen LogP contribution in [0.25, 0.3) is 0 Å². The zero-order valence-corrected chi connectivity index (χ0v) is 11.6. The van der Waals surface area contributed by atoms with E-state index in [0.29, 0.717) is 17.8 Å². The minimum Gasteiger partial charge on any atom is -0.478 e. The maximum absolute atomic E-state index is 12.9. The summed E-state index contributed by atoms with van der Waals surface area (Å²) in [5.41, 5.74) is 7.75. The average molecular weight is 288 g/mol. The van der Waals surface area contributed by atoms with Crippen molar-refractivity contribution in [1.82, 2.24) is 0 Å². The molecule has 1 unspecified atom stereocenters. The van der Waals surface area contributed by atoms with Gasteiger partial charge in [0.2, 0.25) is 0 Å². The molecule has 0 amide bonds. The highest BCUT2D eigenvalue weighted by Gasteiger charge is 2.14. The van der Waals surface area contributed by atoms with Gasteiger partial charge in [-0.3, -0.25) is 0 Å². The molecular weight excluding hydrogens is 271 g/mol. The van der Waals surface area contributed by atoms with Gasteiger partial charge in [-0.2, -0.15) is 0 Å². The summed E-state index contributed by atoms with van der Waals surface area (Å²) >= 11 is 0. The molecule has 0 aliphatic carbocycles. The molecule has 0 spiro atoms. The third-order valence-electron chi connectivity index (χ3n) is 3.17. The van der Waals surface area contributed by atoms with Gasteiger partial charge in [0.05, 0.1) is 16.9 Å². The Bertz CT molecular complexity index is 641. The molecule has 0 aromatic heterocycles. The van der Waals surface area contributed by atoms with E-state index in [1.807, 2.05) is 6.92 Å². The third-order valence-corrected chi connectivity index (χ3v) is 3.17. The number of benzene rings is 2. The predicted molar refractivity (Wildman–Crippen MR) is 81.0 cm³/mol. The van der Waals surface area contributed by atoms with Crippen LogP contribution in [-0.2, 0) is 6.42 Å². The molecule has 0 radical (unpaired) electrons. The Morgan fingerprint density at radius 2 is 1.95 bits per heavy atom. The lowest BCUT2D eigenvalue weighted by molar-refractivity contribution is 0.0698. The number of hydrogen-bond acceptors (Lipinski definition) is 3. The Hall–Kier alpha value is -2.56. The summed E-state index contributed by atoms with van der Waals surface area (Å²) < 4.78 is 12.9. The van der Waals surface area contributed by atoms with Gasteiger partial charge in [-0.15, -0.1) is 0 Å².